The zero-order chi connectivity index (χ0) is 14.4. The van der Waals surface area contributed by atoms with Crippen LogP contribution < -0.4 is 5.32 Å². The lowest BCUT2D eigenvalue weighted by atomic mass is 10.0. The molecular weight excluding hydrogens is 248 g/mol. The molecule has 0 saturated heterocycles. The molecule has 0 fully saturated rings. The van der Waals surface area contributed by atoms with Gasteiger partial charge in [-0.05, 0) is 50.8 Å². The fraction of sp³-hybridized carbons (Fsp3) is 0.588. The van der Waals surface area contributed by atoms with Crippen LogP contribution in [0.2, 0.25) is 0 Å². The molecule has 0 aromatic heterocycles. The Hall–Kier alpha value is -1.35. The number of hydrogen-bond donors (Lipinski definition) is 1. The molecule has 0 saturated carbocycles. The first-order valence-electron chi connectivity index (χ1n) is 7.83. The second kappa shape index (κ2) is 7.44. The highest BCUT2D eigenvalue weighted by molar-refractivity contribution is 5.96. The van der Waals surface area contributed by atoms with Crippen LogP contribution in [-0.2, 0) is 6.42 Å². The van der Waals surface area contributed by atoms with Gasteiger partial charge in [0.15, 0.2) is 0 Å². The Bertz CT molecular complexity index is 444. The minimum absolute atomic E-state index is 0.209. The number of aryl methyl sites for hydroxylation is 1. The number of nitrogens with zero attached hydrogens (tertiary/aromatic N) is 1. The zero-order valence-electron chi connectivity index (χ0n) is 12.7. The van der Waals surface area contributed by atoms with Crippen molar-refractivity contribution in [3.8, 4) is 0 Å². The van der Waals surface area contributed by atoms with Gasteiger partial charge in [-0.25, -0.2) is 0 Å². The topological polar surface area (TPSA) is 32.3 Å². The minimum Gasteiger partial charge on any atom is -0.339 e. The number of benzene rings is 1. The summed E-state index contributed by atoms with van der Waals surface area (Å²) in [6, 6.07) is 8.52. The third kappa shape index (κ3) is 3.83. The average molecular weight is 274 g/mol. The van der Waals surface area contributed by atoms with E-state index in [1.165, 1.54) is 5.56 Å². The number of nitrogens with one attached hydrogen (secondary N) is 1. The second-order valence-electron chi connectivity index (χ2n) is 5.70. The van der Waals surface area contributed by atoms with Gasteiger partial charge in [-0.3, -0.25) is 4.79 Å². The van der Waals surface area contributed by atoms with Gasteiger partial charge in [-0.15, -0.1) is 0 Å². The summed E-state index contributed by atoms with van der Waals surface area (Å²) in [5.41, 5.74) is 2.11. The van der Waals surface area contributed by atoms with Crippen LogP contribution in [-0.4, -0.2) is 36.5 Å². The Labute approximate surface area is 122 Å². The first-order chi connectivity index (χ1) is 9.72. The van der Waals surface area contributed by atoms with Gasteiger partial charge >= 0.3 is 0 Å². The number of fused-ring (bicyclic) bond motifs is 1. The highest BCUT2D eigenvalue weighted by Gasteiger charge is 2.21. The Kier molecular flexibility index (Phi) is 5.60. The van der Waals surface area contributed by atoms with Gasteiger partial charge in [0.25, 0.3) is 5.91 Å². The normalized spacial score (nSPS) is 16.7. The smallest absolute Gasteiger partial charge is 0.254 e. The first kappa shape index (κ1) is 15.0. The third-order valence-corrected chi connectivity index (χ3v) is 3.98. The van der Waals surface area contributed by atoms with Crippen LogP contribution in [0.5, 0.6) is 0 Å². The standard InChI is InChI=1S/C17H26N2O/c1-3-11-18-14(2)10-13-19-12-6-8-15-7-4-5-9-16(15)17(19)20/h4-5,7,9,14,18H,3,6,8,10-13H2,1-2H3. The van der Waals surface area contributed by atoms with Crippen LogP contribution in [0.4, 0.5) is 0 Å². The van der Waals surface area contributed by atoms with Crippen molar-refractivity contribution in [2.75, 3.05) is 19.6 Å². The Balaban J connectivity index is 1.94. The number of carbonyl (C=O) groups excluding carboxylic acids is 1. The predicted octanol–water partition coefficient (Wildman–Crippen LogP) is 2.85. The SMILES string of the molecule is CCCNC(C)CCN1CCCc2ccccc2C1=O. The Morgan fingerprint density at radius 2 is 2.15 bits per heavy atom. The van der Waals surface area contributed by atoms with Gasteiger partial charge in [0.1, 0.15) is 0 Å². The van der Waals surface area contributed by atoms with Crippen molar-refractivity contribution >= 4 is 5.91 Å². The molecule has 3 heteroatoms. The van der Waals surface area contributed by atoms with Gasteiger partial charge in [-0.1, -0.05) is 25.1 Å². The zero-order valence-corrected chi connectivity index (χ0v) is 12.7. The van der Waals surface area contributed by atoms with Crippen LogP contribution in [0.1, 0.15) is 49.0 Å². The monoisotopic (exact) mass is 274 g/mol. The molecular formula is C17H26N2O. The van der Waals surface area contributed by atoms with Gasteiger partial charge in [0.2, 0.25) is 0 Å². The number of amides is 1. The van der Waals surface area contributed by atoms with E-state index in [1.54, 1.807) is 0 Å². The molecule has 1 aliphatic heterocycles. The summed E-state index contributed by atoms with van der Waals surface area (Å²) >= 11 is 0. The summed E-state index contributed by atoms with van der Waals surface area (Å²) < 4.78 is 0. The third-order valence-electron chi connectivity index (χ3n) is 3.98. The lowest BCUT2D eigenvalue weighted by molar-refractivity contribution is 0.0755. The number of hydrogen-bond acceptors (Lipinski definition) is 2. The maximum Gasteiger partial charge on any atom is 0.254 e. The van der Waals surface area contributed by atoms with Crippen LogP contribution in [0.15, 0.2) is 24.3 Å². The summed E-state index contributed by atoms with van der Waals surface area (Å²) in [7, 11) is 0. The van der Waals surface area contributed by atoms with E-state index in [1.807, 2.05) is 23.1 Å². The van der Waals surface area contributed by atoms with E-state index in [9.17, 15) is 4.79 Å². The number of carbonyl (C=O) groups is 1. The molecule has 0 aliphatic carbocycles. The van der Waals surface area contributed by atoms with Crippen molar-refractivity contribution in [3.63, 3.8) is 0 Å². The summed E-state index contributed by atoms with van der Waals surface area (Å²) in [6.45, 7) is 7.16. The van der Waals surface area contributed by atoms with Gasteiger partial charge in [0, 0.05) is 24.7 Å². The summed E-state index contributed by atoms with van der Waals surface area (Å²) in [5.74, 6) is 0.209. The van der Waals surface area contributed by atoms with Crippen molar-refractivity contribution in [3.05, 3.63) is 35.4 Å². The molecule has 3 nitrogen and oxygen atoms in total. The maximum atomic E-state index is 12.6. The molecule has 1 aromatic rings. The van der Waals surface area contributed by atoms with E-state index in [0.717, 1.165) is 50.9 Å². The van der Waals surface area contributed by atoms with Gasteiger partial charge in [-0.2, -0.15) is 0 Å². The summed E-state index contributed by atoms with van der Waals surface area (Å²) in [6.07, 6.45) is 4.26. The molecule has 1 unspecified atom stereocenters. The van der Waals surface area contributed by atoms with E-state index in [-0.39, 0.29) is 5.91 Å². The minimum atomic E-state index is 0.209. The highest BCUT2D eigenvalue weighted by Crippen LogP contribution is 2.18. The van der Waals surface area contributed by atoms with Crippen LogP contribution in [0, 0.1) is 0 Å². The van der Waals surface area contributed by atoms with E-state index in [2.05, 4.69) is 25.2 Å². The first-order valence-corrected chi connectivity index (χ1v) is 7.83. The second-order valence-corrected chi connectivity index (χ2v) is 5.70. The lowest BCUT2D eigenvalue weighted by Crippen LogP contribution is -2.36. The molecule has 1 N–H and O–H groups in total. The molecule has 0 spiro atoms. The fourth-order valence-corrected chi connectivity index (χ4v) is 2.73. The summed E-state index contributed by atoms with van der Waals surface area (Å²) in [4.78, 5) is 14.6. The molecule has 1 aliphatic rings. The van der Waals surface area contributed by atoms with Crippen molar-refractivity contribution in [1.82, 2.24) is 10.2 Å². The molecule has 0 radical (unpaired) electrons. The fourth-order valence-electron chi connectivity index (χ4n) is 2.73. The van der Waals surface area contributed by atoms with Crippen LogP contribution in [0.3, 0.4) is 0 Å². The molecule has 2 rings (SSSR count). The molecule has 20 heavy (non-hydrogen) atoms. The molecule has 0 bridgehead atoms. The van der Waals surface area contributed by atoms with Crippen molar-refractivity contribution < 1.29 is 4.79 Å². The number of rotatable bonds is 6. The maximum absolute atomic E-state index is 12.6. The van der Waals surface area contributed by atoms with Crippen molar-refractivity contribution in [2.45, 2.75) is 45.6 Å². The predicted molar refractivity (Wildman–Crippen MR) is 83.0 cm³/mol. The quantitative estimate of drug-likeness (QED) is 0.865. The van der Waals surface area contributed by atoms with Crippen molar-refractivity contribution in [2.24, 2.45) is 0 Å². The van der Waals surface area contributed by atoms with E-state index in [4.69, 9.17) is 0 Å². The Morgan fingerprint density at radius 1 is 1.35 bits per heavy atom. The van der Waals surface area contributed by atoms with E-state index >= 15 is 0 Å². The van der Waals surface area contributed by atoms with Crippen molar-refractivity contribution in [1.29, 1.82) is 0 Å². The van der Waals surface area contributed by atoms with Crippen LogP contribution >= 0.6 is 0 Å². The van der Waals surface area contributed by atoms with Gasteiger partial charge < -0.3 is 10.2 Å². The molecule has 1 atom stereocenters. The van der Waals surface area contributed by atoms with E-state index in [0.29, 0.717) is 6.04 Å². The average Bonchev–Trinajstić information content (AvgIpc) is 2.63. The van der Waals surface area contributed by atoms with Crippen LogP contribution in [0.25, 0.3) is 0 Å². The van der Waals surface area contributed by atoms with E-state index < -0.39 is 0 Å². The lowest BCUT2D eigenvalue weighted by Gasteiger charge is -2.23. The molecule has 1 heterocycles. The largest absolute Gasteiger partial charge is 0.339 e. The molecule has 1 amide bonds. The molecule has 110 valence electrons. The summed E-state index contributed by atoms with van der Waals surface area (Å²) in [5, 5.41) is 3.48. The van der Waals surface area contributed by atoms with Gasteiger partial charge in [0.05, 0.1) is 0 Å². The Morgan fingerprint density at radius 3 is 2.95 bits per heavy atom. The highest BCUT2D eigenvalue weighted by atomic mass is 16.2. The molecule has 1 aromatic carbocycles.